The third-order valence-electron chi connectivity index (χ3n) is 9.11. The van der Waals surface area contributed by atoms with Gasteiger partial charge < -0.3 is 15.5 Å². The first-order valence-corrected chi connectivity index (χ1v) is 18.3. The first-order chi connectivity index (χ1) is 22.0. The number of carbonyl (C=O) groups is 2. The molecule has 0 unspecified atom stereocenters. The summed E-state index contributed by atoms with van der Waals surface area (Å²) in [4.78, 5) is 29.9. The molecule has 2 atom stereocenters. The van der Waals surface area contributed by atoms with Crippen LogP contribution in [0.2, 0.25) is 18.1 Å². The highest BCUT2D eigenvalue weighted by molar-refractivity contribution is 6.74. The first-order valence-electron chi connectivity index (χ1n) is 15.4. The summed E-state index contributed by atoms with van der Waals surface area (Å²) in [7, 11) is -2.19. The fourth-order valence-electron chi connectivity index (χ4n) is 5.62. The molecule has 3 N–H and O–H groups in total. The van der Waals surface area contributed by atoms with E-state index in [1.54, 1.807) is 27.8 Å². The van der Waals surface area contributed by atoms with Crippen LogP contribution in [0, 0.1) is 6.92 Å². The van der Waals surface area contributed by atoms with Crippen molar-refractivity contribution in [2.45, 2.75) is 64.0 Å². The highest BCUT2D eigenvalue weighted by Crippen LogP contribution is 2.44. The molecule has 248 valence electrons. The summed E-state index contributed by atoms with van der Waals surface area (Å²) in [6.45, 7) is 12.9. The predicted octanol–water partition coefficient (Wildman–Crippen LogP) is 7.08. The molecule has 0 saturated heterocycles. The number of para-hydroxylation sites is 1. The van der Waals surface area contributed by atoms with Gasteiger partial charge in [-0.15, -0.1) is 0 Å². The molecule has 1 aliphatic heterocycles. The number of alkyl halides is 3. The molecule has 0 saturated carbocycles. The average molecular weight is 664 g/mol. The molecule has 12 heteroatoms. The van der Waals surface area contributed by atoms with E-state index in [9.17, 15) is 22.8 Å². The van der Waals surface area contributed by atoms with Crippen molar-refractivity contribution in [2.75, 3.05) is 23.8 Å². The van der Waals surface area contributed by atoms with E-state index in [4.69, 9.17) is 15.3 Å². The zero-order valence-electron chi connectivity index (χ0n) is 27.4. The van der Waals surface area contributed by atoms with Crippen molar-refractivity contribution in [1.82, 2.24) is 15.1 Å². The van der Waals surface area contributed by atoms with Gasteiger partial charge in [0, 0.05) is 29.3 Å². The number of halogens is 3. The third-order valence-corrected chi connectivity index (χ3v) is 13.6. The maximum Gasteiger partial charge on any atom is 0.416 e. The van der Waals surface area contributed by atoms with Gasteiger partial charge in [-0.3, -0.25) is 14.5 Å². The predicted molar refractivity (Wildman–Crippen MR) is 179 cm³/mol. The van der Waals surface area contributed by atoms with Crippen LogP contribution in [0.1, 0.15) is 59.4 Å². The van der Waals surface area contributed by atoms with Gasteiger partial charge in [0.05, 0.1) is 23.6 Å². The minimum absolute atomic E-state index is 0.0632. The van der Waals surface area contributed by atoms with E-state index in [1.165, 1.54) is 12.1 Å². The molecule has 0 fully saturated rings. The smallest absolute Gasteiger partial charge is 0.415 e. The van der Waals surface area contributed by atoms with Crippen LogP contribution in [0.25, 0.3) is 5.69 Å². The highest BCUT2D eigenvalue weighted by atomic mass is 28.4. The van der Waals surface area contributed by atoms with E-state index >= 15 is 0 Å². The Labute approximate surface area is 273 Å². The number of hydrogen-bond donors (Lipinski definition) is 2. The summed E-state index contributed by atoms with van der Waals surface area (Å²) in [6, 6.07) is 19.4. The molecule has 0 radical (unpaired) electrons. The summed E-state index contributed by atoms with van der Waals surface area (Å²) < 4.78 is 48.8. The lowest BCUT2D eigenvalue weighted by atomic mass is 9.81. The molecular weight excluding hydrogens is 623 g/mol. The van der Waals surface area contributed by atoms with Crippen LogP contribution in [0.3, 0.4) is 0 Å². The maximum atomic E-state index is 14.7. The number of nitrogens with two attached hydrogens (primary N) is 1. The molecule has 3 aromatic carbocycles. The molecule has 1 aliphatic rings. The van der Waals surface area contributed by atoms with Gasteiger partial charge >= 0.3 is 6.18 Å². The van der Waals surface area contributed by atoms with Gasteiger partial charge in [-0.1, -0.05) is 57.2 Å². The topological polar surface area (TPSA) is 102 Å². The number of nitrogens with zero attached hydrogens (tertiary/aromatic N) is 3. The number of amides is 2. The van der Waals surface area contributed by atoms with Crippen LogP contribution in [-0.2, 0) is 15.4 Å². The van der Waals surface area contributed by atoms with Gasteiger partial charge in [0.1, 0.15) is 11.9 Å². The molecule has 2 amide bonds. The lowest BCUT2D eigenvalue weighted by Crippen LogP contribution is -2.56. The molecule has 0 bridgehead atoms. The molecule has 4 aromatic rings. The Morgan fingerprint density at radius 3 is 2.32 bits per heavy atom. The van der Waals surface area contributed by atoms with Crippen LogP contribution in [0.15, 0.2) is 78.9 Å². The van der Waals surface area contributed by atoms with Crippen molar-refractivity contribution in [3.63, 3.8) is 0 Å². The summed E-state index contributed by atoms with van der Waals surface area (Å²) in [5.74, 6) is -1.46. The van der Waals surface area contributed by atoms with Crippen LogP contribution < -0.4 is 16.0 Å². The number of nitrogen functional groups attached to an aromatic ring is 1. The van der Waals surface area contributed by atoms with Gasteiger partial charge in [-0.25, -0.2) is 4.68 Å². The lowest BCUT2D eigenvalue weighted by Gasteiger charge is -2.40. The van der Waals surface area contributed by atoms with Crippen LogP contribution in [0.4, 0.5) is 24.7 Å². The standard InChI is InChI=1S/C35H40F3N5O3Si/c1-22-28-29(23-12-11-15-26(39)21-23)30(40-31(44)24-13-10-14-25(20-24)35(36,37)38)33(45)42(18-19-46-47(5,6)34(2,3)4)32(28)43(41-22)27-16-8-7-9-17-27/h7-17,20-21,29-30H,18-19,39H2,1-6H3,(H,40,44)/t29-,30+/m0/s1. The van der Waals surface area contributed by atoms with E-state index in [0.29, 0.717) is 28.3 Å². The molecule has 1 aromatic heterocycles. The van der Waals surface area contributed by atoms with Crippen molar-refractivity contribution >= 4 is 31.6 Å². The van der Waals surface area contributed by atoms with Crippen LogP contribution >= 0.6 is 0 Å². The minimum Gasteiger partial charge on any atom is -0.415 e. The fourth-order valence-corrected chi connectivity index (χ4v) is 6.66. The zero-order valence-corrected chi connectivity index (χ0v) is 28.4. The first kappa shape index (κ1) is 33.9. The van der Waals surface area contributed by atoms with Crippen molar-refractivity contribution in [3.8, 4) is 5.69 Å². The summed E-state index contributed by atoms with van der Waals surface area (Å²) in [6.07, 6.45) is -4.64. The molecule has 0 spiro atoms. The minimum atomic E-state index is -4.64. The molecule has 0 aliphatic carbocycles. The number of hydrogen-bond acceptors (Lipinski definition) is 5. The van der Waals surface area contributed by atoms with Crippen molar-refractivity contribution in [3.05, 3.63) is 107 Å². The zero-order chi connectivity index (χ0) is 34.3. The Bertz CT molecular complexity index is 1780. The van der Waals surface area contributed by atoms with Crippen molar-refractivity contribution < 1.29 is 27.2 Å². The molecule has 5 rings (SSSR count). The van der Waals surface area contributed by atoms with E-state index in [0.717, 1.165) is 17.8 Å². The third kappa shape index (κ3) is 6.84. The number of carbonyl (C=O) groups excluding carboxylic acids is 2. The van der Waals surface area contributed by atoms with Gasteiger partial charge in [0.25, 0.3) is 11.8 Å². The number of aromatic nitrogens is 2. The SMILES string of the molecule is Cc1nn(-c2ccccc2)c2c1[C@H](c1cccc(N)c1)[C@@H](NC(=O)c1cccc(C(F)(F)F)c1)C(=O)N2CCO[Si](C)(C)C(C)(C)C. The lowest BCUT2D eigenvalue weighted by molar-refractivity contribution is -0.137. The van der Waals surface area contributed by atoms with E-state index in [1.807, 2.05) is 43.3 Å². The van der Waals surface area contributed by atoms with E-state index < -0.39 is 43.8 Å². The Balaban J connectivity index is 1.65. The van der Waals surface area contributed by atoms with Crippen LogP contribution in [0.5, 0.6) is 0 Å². The second kappa shape index (κ2) is 12.6. The number of rotatable bonds is 8. The fraction of sp³-hybridized carbons (Fsp3) is 0.343. The summed E-state index contributed by atoms with van der Waals surface area (Å²) >= 11 is 0. The second-order valence-corrected chi connectivity index (χ2v) is 18.2. The van der Waals surface area contributed by atoms with Gasteiger partial charge in [-0.2, -0.15) is 18.3 Å². The van der Waals surface area contributed by atoms with E-state index in [2.05, 4.69) is 39.2 Å². The Hall–Kier alpha value is -4.42. The van der Waals surface area contributed by atoms with Gasteiger partial charge in [0.15, 0.2) is 8.32 Å². The average Bonchev–Trinajstić information content (AvgIpc) is 3.34. The normalized spacial score (nSPS) is 17.0. The Morgan fingerprint density at radius 2 is 1.68 bits per heavy atom. The van der Waals surface area contributed by atoms with Crippen LogP contribution in [-0.4, -0.2) is 49.1 Å². The second-order valence-electron chi connectivity index (χ2n) is 13.3. The quantitative estimate of drug-likeness (QED) is 0.155. The number of aryl methyl sites for hydroxylation is 1. The number of nitrogens with one attached hydrogen (secondary N) is 1. The molecule has 2 heterocycles. The molecule has 47 heavy (non-hydrogen) atoms. The highest BCUT2D eigenvalue weighted by Gasteiger charge is 2.46. The monoisotopic (exact) mass is 663 g/mol. The number of benzene rings is 3. The van der Waals surface area contributed by atoms with E-state index in [-0.39, 0.29) is 23.8 Å². The van der Waals surface area contributed by atoms with Crippen molar-refractivity contribution in [2.24, 2.45) is 0 Å². The largest absolute Gasteiger partial charge is 0.416 e. The van der Waals surface area contributed by atoms with Gasteiger partial charge in [0.2, 0.25) is 0 Å². The number of fused-ring (bicyclic) bond motifs is 1. The summed E-state index contributed by atoms with van der Waals surface area (Å²) in [5, 5.41) is 7.61. The molecule has 8 nitrogen and oxygen atoms in total. The van der Waals surface area contributed by atoms with Gasteiger partial charge in [-0.05, 0) is 73.1 Å². The Kier molecular flexibility index (Phi) is 9.13. The number of anilines is 2. The summed E-state index contributed by atoms with van der Waals surface area (Å²) in [5.41, 5.74) is 8.19. The maximum absolute atomic E-state index is 14.7. The molecular formula is C35H40F3N5O3Si. The van der Waals surface area contributed by atoms with Crippen molar-refractivity contribution in [1.29, 1.82) is 0 Å². The Morgan fingerprint density at radius 1 is 1.00 bits per heavy atom.